The molecule has 6 nitrogen and oxygen atoms in total. The standard InChI is InChI=1S/C34H36O6/c1-37-15-17-39-33-27-11-5-12-28(33)20-24-8-4-10-26(32(24)36)22-30-14-6-13-29(34(30)40-18-16-38-2)21-25-9-3-7-23(19-27)31(25)35/h3-14,35-36H,15-22H2,1-2H3. The van der Waals surface area contributed by atoms with Crippen LogP contribution in [0.1, 0.15) is 44.5 Å². The monoisotopic (exact) mass is 540 g/mol. The van der Waals surface area contributed by atoms with E-state index < -0.39 is 0 Å². The van der Waals surface area contributed by atoms with Crippen molar-refractivity contribution in [1.29, 1.82) is 0 Å². The predicted octanol–water partition coefficient (Wildman–Crippen LogP) is 5.82. The molecule has 0 heterocycles. The third-order valence-corrected chi connectivity index (χ3v) is 7.35. The zero-order valence-corrected chi connectivity index (χ0v) is 23.1. The molecule has 6 heteroatoms. The number of phenolic OH excluding ortho intramolecular Hbond substituents is 2. The van der Waals surface area contributed by atoms with Crippen LogP contribution < -0.4 is 9.47 Å². The normalized spacial score (nSPS) is 12.7. The molecular weight excluding hydrogens is 504 g/mol. The maximum Gasteiger partial charge on any atom is 0.126 e. The summed E-state index contributed by atoms with van der Waals surface area (Å²) in [5, 5.41) is 22.8. The molecular formula is C34H36O6. The number of rotatable bonds is 8. The lowest BCUT2D eigenvalue weighted by molar-refractivity contribution is 0.145. The van der Waals surface area contributed by atoms with E-state index >= 15 is 0 Å². The van der Waals surface area contributed by atoms with Crippen molar-refractivity contribution in [3.63, 3.8) is 0 Å². The quantitative estimate of drug-likeness (QED) is 0.241. The number of ether oxygens (including phenoxy) is 4. The molecule has 0 atom stereocenters. The van der Waals surface area contributed by atoms with Crippen molar-refractivity contribution >= 4 is 0 Å². The van der Waals surface area contributed by atoms with Crippen LogP contribution in [0.15, 0.2) is 72.8 Å². The van der Waals surface area contributed by atoms with Gasteiger partial charge in [-0.3, -0.25) is 0 Å². The molecule has 5 rings (SSSR count). The van der Waals surface area contributed by atoms with E-state index in [1.807, 2.05) is 72.8 Å². The lowest BCUT2D eigenvalue weighted by Crippen LogP contribution is -2.10. The summed E-state index contributed by atoms with van der Waals surface area (Å²) in [6, 6.07) is 23.9. The van der Waals surface area contributed by atoms with Gasteiger partial charge in [-0.1, -0.05) is 72.8 Å². The summed E-state index contributed by atoms with van der Waals surface area (Å²) >= 11 is 0. The fourth-order valence-corrected chi connectivity index (χ4v) is 5.34. The largest absolute Gasteiger partial charge is 0.507 e. The number of hydrogen-bond acceptors (Lipinski definition) is 6. The van der Waals surface area contributed by atoms with Crippen LogP contribution in [0.2, 0.25) is 0 Å². The average Bonchev–Trinajstić information content (AvgIpc) is 2.95. The molecule has 0 fully saturated rings. The first kappa shape index (κ1) is 27.6. The van der Waals surface area contributed by atoms with E-state index in [1.165, 1.54) is 0 Å². The number of para-hydroxylation sites is 4. The molecule has 0 spiro atoms. The summed E-state index contributed by atoms with van der Waals surface area (Å²) in [5.41, 5.74) is 7.15. The molecule has 0 saturated heterocycles. The second kappa shape index (κ2) is 12.9. The Balaban J connectivity index is 1.66. The van der Waals surface area contributed by atoms with Gasteiger partial charge in [0.2, 0.25) is 0 Å². The number of fused-ring (bicyclic) bond motifs is 8. The molecule has 40 heavy (non-hydrogen) atoms. The first-order valence-electron chi connectivity index (χ1n) is 13.6. The average molecular weight is 541 g/mol. The van der Waals surface area contributed by atoms with Crippen LogP contribution in [0.25, 0.3) is 0 Å². The minimum atomic E-state index is 0.277. The molecule has 0 aliphatic heterocycles. The summed E-state index contributed by atoms with van der Waals surface area (Å²) in [5.74, 6) is 2.08. The van der Waals surface area contributed by atoms with Crippen molar-refractivity contribution in [2.75, 3.05) is 40.6 Å². The third-order valence-electron chi connectivity index (χ3n) is 7.35. The summed E-state index contributed by atoms with van der Waals surface area (Å²) < 4.78 is 23.0. The lowest BCUT2D eigenvalue weighted by atomic mass is 9.91. The van der Waals surface area contributed by atoms with E-state index in [1.54, 1.807) is 14.2 Å². The zero-order chi connectivity index (χ0) is 27.9. The molecule has 0 unspecified atom stereocenters. The van der Waals surface area contributed by atoms with Crippen molar-refractivity contribution < 1.29 is 29.2 Å². The van der Waals surface area contributed by atoms with Crippen LogP contribution in [0.5, 0.6) is 23.0 Å². The van der Waals surface area contributed by atoms with Gasteiger partial charge in [0, 0.05) is 39.9 Å². The predicted molar refractivity (Wildman–Crippen MR) is 155 cm³/mol. The van der Waals surface area contributed by atoms with E-state index in [0.29, 0.717) is 52.1 Å². The molecule has 0 aromatic heterocycles. The lowest BCUT2D eigenvalue weighted by Gasteiger charge is -2.20. The number of methoxy groups -OCH3 is 2. The topological polar surface area (TPSA) is 77.4 Å². The Labute approximate surface area is 235 Å². The highest BCUT2D eigenvalue weighted by Crippen LogP contribution is 2.37. The van der Waals surface area contributed by atoms with Crippen LogP contribution in [-0.2, 0) is 35.2 Å². The maximum atomic E-state index is 11.4. The Morgan fingerprint density at radius 3 is 1.00 bits per heavy atom. The Morgan fingerprint density at radius 1 is 0.450 bits per heavy atom. The van der Waals surface area contributed by atoms with Gasteiger partial charge in [-0.15, -0.1) is 0 Å². The summed E-state index contributed by atoms with van der Waals surface area (Å²) in [6.45, 7) is 1.72. The third kappa shape index (κ3) is 6.09. The van der Waals surface area contributed by atoms with Crippen LogP contribution in [-0.4, -0.2) is 50.9 Å². The van der Waals surface area contributed by atoms with Gasteiger partial charge >= 0.3 is 0 Å². The van der Waals surface area contributed by atoms with Crippen LogP contribution in [0.4, 0.5) is 0 Å². The molecule has 2 N–H and O–H groups in total. The minimum absolute atomic E-state index is 0.277. The van der Waals surface area contributed by atoms with Crippen LogP contribution in [0.3, 0.4) is 0 Å². The summed E-state index contributed by atoms with van der Waals surface area (Å²) in [7, 11) is 3.30. The Hall–Kier alpha value is -4.00. The molecule has 208 valence electrons. The number of aromatic hydroxyl groups is 2. The van der Waals surface area contributed by atoms with Crippen LogP contribution >= 0.6 is 0 Å². The van der Waals surface area contributed by atoms with Gasteiger partial charge in [0.05, 0.1) is 13.2 Å². The van der Waals surface area contributed by atoms with Gasteiger partial charge in [-0.05, 0) is 44.5 Å². The van der Waals surface area contributed by atoms with Crippen molar-refractivity contribution in [1.82, 2.24) is 0 Å². The van der Waals surface area contributed by atoms with Crippen molar-refractivity contribution in [3.05, 3.63) is 117 Å². The molecule has 0 radical (unpaired) electrons. The summed E-state index contributed by atoms with van der Waals surface area (Å²) in [6.07, 6.45) is 2.00. The fraction of sp³-hybridized carbons (Fsp3) is 0.294. The van der Waals surface area contributed by atoms with Gasteiger partial charge in [0.25, 0.3) is 0 Å². The first-order chi connectivity index (χ1) is 19.6. The van der Waals surface area contributed by atoms with Gasteiger partial charge in [-0.25, -0.2) is 0 Å². The number of hydrogen-bond donors (Lipinski definition) is 2. The zero-order valence-electron chi connectivity index (χ0n) is 23.1. The van der Waals surface area contributed by atoms with Gasteiger partial charge in [0.15, 0.2) is 0 Å². The number of phenols is 2. The highest BCUT2D eigenvalue weighted by molar-refractivity contribution is 5.55. The second-order valence-electron chi connectivity index (χ2n) is 10.1. The Morgan fingerprint density at radius 2 is 0.725 bits per heavy atom. The van der Waals surface area contributed by atoms with E-state index in [0.717, 1.165) is 56.0 Å². The van der Waals surface area contributed by atoms with Gasteiger partial charge < -0.3 is 29.2 Å². The van der Waals surface area contributed by atoms with Crippen LogP contribution in [0, 0.1) is 0 Å². The van der Waals surface area contributed by atoms with E-state index in [2.05, 4.69) is 0 Å². The molecule has 0 saturated carbocycles. The van der Waals surface area contributed by atoms with Crippen molar-refractivity contribution in [2.24, 2.45) is 0 Å². The highest BCUT2D eigenvalue weighted by atomic mass is 16.5. The fourth-order valence-electron chi connectivity index (χ4n) is 5.34. The first-order valence-corrected chi connectivity index (χ1v) is 13.6. The second-order valence-corrected chi connectivity index (χ2v) is 10.1. The maximum absolute atomic E-state index is 11.4. The molecule has 0 amide bonds. The molecule has 1 aliphatic rings. The minimum Gasteiger partial charge on any atom is -0.507 e. The molecule has 4 aromatic rings. The highest BCUT2D eigenvalue weighted by Gasteiger charge is 2.20. The summed E-state index contributed by atoms with van der Waals surface area (Å²) in [4.78, 5) is 0. The van der Waals surface area contributed by atoms with Crippen molar-refractivity contribution in [3.8, 4) is 23.0 Å². The van der Waals surface area contributed by atoms with Crippen molar-refractivity contribution in [2.45, 2.75) is 25.7 Å². The van der Waals surface area contributed by atoms with E-state index in [-0.39, 0.29) is 11.5 Å². The van der Waals surface area contributed by atoms with Gasteiger partial charge in [-0.2, -0.15) is 0 Å². The molecule has 4 aromatic carbocycles. The van der Waals surface area contributed by atoms with E-state index in [4.69, 9.17) is 18.9 Å². The number of benzene rings is 4. The SMILES string of the molecule is COCCOc1c2cccc1Cc1cccc(c1O)Cc1cccc(c1OCCOC)Cc1cccc(c1O)C2. The Bertz CT molecular complexity index is 1270. The molecule has 8 bridgehead atoms. The van der Waals surface area contributed by atoms with E-state index in [9.17, 15) is 10.2 Å². The van der Waals surface area contributed by atoms with Gasteiger partial charge in [0.1, 0.15) is 36.2 Å². The molecule has 1 aliphatic carbocycles. The smallest absolute Gasteiger partial charge is 0.126 e. The Kier molecular flexibility index (Phi) is 8.89.